The first-order chi connectivity index (χ1) is 10.9. The van der Waals surface area contributed by atoms with Crippen LogP contribution in [0.25, 0.3) is 11.0 Å². The summed E-state index contributed by atoms with van der Waals surface area (Å²) in [5.74, 6) is -1.28. The molecular formula is C16H19N3O4. The molecule has 1 N–H and O–H groups in total. The molecule has 1 amide bonds. The van der Waals surface area contributed by atoms with Gasteiger partial charge in [-0.15, -0.1) is 0 Å². The molecule has 0 saturated carbocycles. The van der Waals surface area contributed by atoms with Crippen molar-refractivity contribution in [2.45, 2.75) is 26.8 Å². The molecule has 2 rings (SSSR count). The molecule has 23 heavy (non-hydrogen) atoms. The second-order valence-electron chi connectivity index (χ2n) is 5.55. The molecule has 7 heteroatoms. The first kappa shape index (κ1) is 16.7. The van der Waals surface area contributed by atoms with E-state index in [4.69, 9.17) is 4.74 Å². The Labute approximate surface area is 133 Å². The van der Waals surface area contributed by atoms with Crippen molar-refractivity contribution in [1.82, 2.24) is 10.3 Å². The summed E-state index contributed by atoms with van der Waals surface area (Å²) in [4.78, 5) is 28.5. The number of para-hydroxylation sites is 2. The minimum absolute atomic E-state index is 0.00625. The number of methoxy groups -OCH3 is 1. The highest BCUT2D eigenvalue weighted by Crippen LogP contribution is 2.12. The van der Waals surface area contributed by atoms with Crippen molar-refractivity contribution in [1.29, 1.82) is 0 Å². The van der Waals surface area contributed by atoms with Crippen molar-refractivity contribution in [2.24, 2.45) is 5.92 Å². The Balaban J connectivity index is 2.41. The van der Waals surface area contributed by atoms with Crippen LogP contribution in [-0.4, -0.2) is 30.0 Å². The van der Waals surface area contributed by atoms with Gasteiger partial charge in [0.1, 0.15) is 11.6 Å². The van der Waals surface area contributed by atoms with Gasteiger partial charge in [-0.1, -0.05) is 26.0 Å². The predicted octanol–water partition coefficient (Wildman–Crippen LogP) is 1.10. The molecule has 0 aliphatic rings. The van der Waals surface area contributed by atoms with Crippen molar-refractivity contribution in [3.63, 3.8) is 0 Å². The molecule has 0 fully saturated rings. The number of amides is 1. The molecule has 1 heterocycles. The van der Waals surface area contributed by atoms with Gasteiger partial charge in [-0.3, -0.25) is 4.79 Å². The third-order valence-electron chi connectivity index (χ3n) is 3.60. The van der Waals surface area contributed by atoms with Crippen LogP contribution in [0.2, 0.25) is 0 Å². The Morgan fingerprint density at radius 3 is 2.57 bits per heavy atom. The molecule has 0 aliphatic heterocycles. The molecule has 7 nitrogen and oxygen atoms in total. The van der Waals surface area contributed by atoms with Gasteiger partial charge in [0.25, 0.3) is 5.91 Å². The van der Waals surface area contributed by atoms with Gasteiger partial charge in [-0.05, 0) is 12.0 Å². The van der Waals surface area contributed by atoms with E-state index in [1.54, 1.807) is 38.1 Å². The summed E-state index contributed by atoms with van der Waals surface area (Å²) in [6, 6.07) is 5.94. The second kappa shape index (κ2) is 6.60. The number of fused-ring (bicyclic) bond motifs is 1. The predicted molar refractivity (Wildman–Crippen MR) is 83.5 cm³/mol. The summed E-state index contributed by atoms with van der Waals surface area (Å²) in [6.45, 7) is 5.09. The van der Waals surface area contributed by atoms with Crippen LogP contribution < -0.4 is 10.0 Å². The number of hydrogen-bond acceptors (Lipinski definition) is 5. The summed E-state index contributed by atoms with van der Waals surface area (Å²) < 4.78 is 5.36. The second-order valence-corrected chi connectivity index (χ2v) is 5.55. The van der Waals surface area contributed by atoms with Crippen LogP contribution in [0.5, 0.6) is 0 Å². The zero-order chi connectivity index (χ0) is 17.1. The molecule has 0 spiro atoms. The normalized spacial score (nSPS) is 12.2. The summed E-state index contributed by atoms with van der Waals surface area (Å²) in [5.41, 5.74) is 0.967. The van der Waals surface area contributed by atoms with Gasteiger partial charge >= 0.3 is 5.97 Å². The third-order valence-corrected chi connectivity index (χ3v) is 3.60. The maximum Gasteiger partial charge on any atom is 0.328 e. The van der Waals surface area contributed by atoms with Gasteiger partial charge in [0.15, 0.2) is 5.69 Å². The number of rotatable bonds is 4. The maximum absolute atomic E-state index is 12.5. The topological polar surface area (TPSA) is 95.2 Å². The van der Waals surface area contributed by atoms with Crippen molar-refractivity contribution in [3.05, 3.63) is 40.9 Å². The number of nitrogens with zero attached hydrogens (tertiary/aromatic N) is 2. The molecule has 0 aliphatic carbocycles. The zero-order valence-electron chi connectivity index (χ0n) is 13.5. The Kier molecular flexibility index (Phi) is 4.78. The van der Waals surface area contributed by atoms with Crippen molar-refractivity contribution in [2.75, 3.05) is 7.11 Å². The Bertz CT molecular complexity index is 758. The lowest BCUT2D eigenvalue weighted by Gasteiger charge is -2.19. The van der Waals surface area contributed by atoms with Crippen LogP contribution in [0.4, 0.5) is 0 Å². The quantitative estimate of drug-likeness (QED) is 0.517. The Morgan fingerprint density at radius 2 is 1.96 bits per heavy atom. The molecule has 2 aromatic rings. The molecule has 1 unspecified atom stereocenters. The smallest absolute Gasteiger partial charge is 0.328 e. The first-order valence-electron chi connectivity index (χ1n) is 7.24. The average molecular weight is 317 g/mol. The number of esters is 1. The van der Waals surface area contributed by atoms with Crippen molar-refractivity contribution < 1.29 is 19.1 Å². The van der Waals surface area contributed by atoms with Gasteiger partial charge < -0.3 is 15.3 Å². The lowest BCUT2D eigenvalue weighted by atomic mass is 10.0. The lowest BCUT2D eigenvalue weighted by Crippen LogP contribution is -2.46. The van der Waals surface area contributed by atoms with E-state index in [9.17, 15) is 14.8 Å². The van der Waals surface area contributed by atoms with Crippen molar-refractivity contribution in [3.8, 4) is 0 Å². The highest BCUT2D eigenvalue weighted by molar-refractivity contribution is 5.96. The summed E-state index contributed by atoms with van der Waals surface area (Å²) in [5, 5.41) is 14.9. The highest BCUT2D eigenvalue weighted by Gasteiger charge is 2.28. The maximum atomic E-state index is 12.5. The average Bonchev–Trinajstić information content (AvgIpc) is 2.54. The molecule has 1 atom stereocenters. The lowest BCUT2D eigenvalue weighted by molar-refractivity contribution is -0.584. The highest BCUT2D eigenvalue weighted by atomic mass is 16.5. The molecule has 122 valence electrons. The molecule has 0 bridgehead atoms. The van der Waals surface area contributed by atoms with Crippen LogP contribution in [0, 0.1) is 18.0 Å². The summed E-state index contributed by atoms with van der Waals surface area (Å²) >= 11 is 0. The SMILES string of the molecule is COC(=O)C(NC(=O)c1nc2ccccc2[n+]([O-])c1C)C(C)C. The zero-order valence-corrected chi connectivity index (χ0v) is 13.5. The van der Waals surface area contributed by atoms with Crippen LogP contribution in [0.15, 0.2) is 24.3 Å². The minimum atomic E-state index is -0.805. The van der Waals surface area contributed by atoms with Crippen LogP contribution in [0.3, 0.4) is 0 Å². The van der Waals surface area contributed by atoms with Gasteiger partial charge in [0.2, 0.25) is 11.2 Å². The molecule has 0 radical (unpaired) electrons. The fourth-order valence-electron chi connectivity index (χ4n) is 2.26. The van der Waals surface area contributed by atoms with Crippen LogP contribution in [-0.2, 0) is 9.53 Å². The Morgan fingerprint density at radius 1 is 1.30 bits per heavy atom. The molecule has 0 saturated heterocycles. The number of nitrogens with one attached hydrogen (secondary N) is 1. The number of carbonyl (C=O) groups is 2. The molecular weight excluding hydrogens is 298 g/mol. The van der Waals surface area contributed by atoms with E-state index >= 15 is 0 Å². The van der Waals surface area contributed by atoms with E-state index in [0.717, 1.165) is 0 Å². The number of ether oxygens (including phenoxy) is 1. The van der Waals surface area contributed by atoms with E-state index in [-0.39, 0.29) is 17.3 Å². The van der Waals surface area contributed by atoms with Crippen LogP contribution in [0.1, 0.15) is 30.0 Å². The summed E-state index contributed by atoms with van der Waals surface area (Å²) in [6.07, 6.45) is 0. The summed E-state index contributed by atoms with van der Waals surface area (Å²) in [7, 11) is 1.26. The van der Waals surface area contributed by atoms with E-state index in [1.165, 1.54) is 14.0 Å². The fourth-order valence-corrected chi connectivity index (χ4v) is 2.26. The fraction of sp³-hybridized carbons (Fsp3) is 0.375. The monoisotopic (exact) mass is 317 g/mol. The van der Waals surface area contributed by atoms with E-state index in [1.807, 2.05) is 0 Å². The first-order valence-corrected chi connectivity index (χ1v) is 7.24. The van der Waals surface area contributed by atoms with Gasteiger partial charge in [0, 0.05) is 13.0 Å². The van der Waals surface area contributed by atoms with Crippen LogP contribution >= 0.6 is 0 Å². The number of carbonyl (C=O) groups excluding carboxylic acids is 2. The molecule has 1 aromatic heterocycles. The van der Waals surface area contributed by atoms with E-state index in [0.29, 0.717) is 15.8 Å². The van der Waals surface area contributed by atoms with Gasteiger partial charge in [-0.2, -0.15) is 4.73 Å². The molecule has 1 aromatic carbocycles. The number of aromatic nitrogens is 2. The van der Waals surface area contributed by atoms with Gasteiger partial charge in [-0.25, -0.2) is 9.78 Å². The largest absolute Gasteiger partial charge is 0.618 e. The van der Waals surface area contributed by atoms with Gasteiger partial charge in [0.05, 0.1) is 7.11 Å². The Hall–Kier alpha value is -2.70. The van der Waals surface area contributed by atoms with E-state index in [2.05, 4.69) is 10.3 Å². The van der Waals surface area contributed by atoms with Crippen molar-refractivity contribution >= 4 is 22.9 Å². The number of benzene rings is 1. The number of hydrogen-bond donors (Lipinski definition) is 1. The third kappa shape index (κ3) is 3.23. The van der Waals surface area contributed by atoms with E-state index < -0.39 is 17.9 Å². The standard InChI is InChI=1S/C16H19N3O4/c1-9(2)13(16(21)23-4)18-15(20)14-10(3)19(22)12-8-6-5-7-11(12)17-14/h5-9,13H,1-4H3,(H,18,20). The minimum Gasteiger partial charge on any atom is -0.618 e.